The first kappa shape index (κ1) is 24.4. The zero-order valence-electron chi connectivity index (χ0n) is 16.4. The molecule has 4 fully saturated rings. The van der Waals surface area contributed by atoms with Crippen molar-refractivity contribution in [1.82, 2.24) is 0 Å². The van der Waals surface area contributed by atoms with E-state index in [1.54, 1.807) is 0 Å². The Balaban J connectivity index is 1.54. The zero-order valence-corrected chi connectivity index (χ0v) is 23.7. The lowest BCUT2D eigenvalue weighted by Gasteiger charge is -2.59. The van der Waals surface area contributed by atoms with Crippen molar-refractivity contribution in [2.24, 2.45) is 17.3 Å². The fourth-order valence-electron chi connectivity index (χ4n) is 5.89. The Bertz CT molecular complexity index is 1030. The molecule has 0 amide bonds. The Morgan fingerprint density at radius 2 is 1.74 bits per heavy atom. The van der Waals surface area contributed by atoms with Gasteiger partial charge in [0.1, 0.15) is 18.0 Å². The van der Waals surface area contributed by atoms with Gasteiger partial charge in [0.15, 0.2) is 0 Å². The monoisotopic (exact) mass is 786 g/mol. The van der Waals surface area contributed by atoms with Crippen LogP contribution in [0.3, 0.4) is 0 Å². The predicted molar refractivity (Wildman–Crippen MR) is 137 cm³/mol. The molecule has 1 aromatic carbocycles. The minimum absolute atomic E-state index is 0.276. The molecule has 1 aromatic rings. The summed E-state index contributed by atoms with van der Waals surface area (Å²) in [6, 6.07) is 3.83. The van der Waals surface area contributed by atoms with Crippen LogP contribution in [0.25, 0.3) is 0 Å². The number of rotatable bonds is 6. The van der Waals surface area contributed by atoms with Gasteiger partial charge in [0.25, 0.3) is 10.1 Å². The van der Waals surface area contributed by atoms with E-state index < -0.39 is 32.9 Å². The number of hydrogen-bond donors (Lipinski definition) is 1. The van der Waals surface area contributed by atoms with Gasteiger partial charge in [-0.05, 0) is 124 Å². The number of carbonyl (C=O) groups excluding carboxylic acids is 2. The predicted octanol–water partition coefficient (Wildman–Crippen LogP) is 4.43. The highest BCUT2D eigenvalue weighted by atomic mass is 127. The number of hydrogen-bond acceptors (Lipinski definition) is 6. The van der Waals surface area contributed by atoms with Crippen molar-refractivity contribution in [3.8, 4) is 0 Å². The number of benzene rings is 1. The lowest BCUT2D eigenvalue weighted by molar-refractivity contribution is -0.196. The second-order valence-electron chi connectivity index (χ2n) is 8.99. The van der Waals surface area contributed by atoms with Gasteiger partial charge in [-0.25, -0.2) is 4.79 Å². The topological polar surface area (TPSA) is 107 Å². The van der Waals surface area contributed by atoms with Gasteiger partial charge < -0.3 is 9.47 Å². The second-order valence-corrected chi connectivity index (χ2v) is 14.0. The van der Waals surface area contributed by atoms with Gasteiger partial charge in [0, 0.05) is 17.1 Å². The summed E-state index contributed by atoms with van der Waals surface area (Å²) in [5.74, 6) is -0.871. The molecule has 31 heavy (non-hydrogen) atoms. The Morgan fingerprint density at radius 1 is 1.10 bits per heavy atom. The highest BCUT2D eigenvalue weighted by Gasteiger charge is 2.63. The molecular formula is C20H21I3O7S. The molecule has 0 radical (unpaired) electrons. The third-order valence-corrected chi connectivity index (χ3v) is 10.9. The van der Waals surface area contributed by atoms with Crippen LogP contribution >= 0.6 is 67.8 Å². The van der Waals surface area contributed by atoms with Crippen LogP contribution in [0.2, 0.25) is 0 Å². The number of carbonyl (C=O) groups is 2. The molecule has 4 aliphatic carbocycles. The van der Waals surface area contributed by atoms with Gasteiger partial charge in [-0.1, -0.05) is 0 Å². The van der Waals surface area contributed by atoms with Gasteiger partial charge in [0.2, 0.25) is 0 Å². The van der Waals surface area contributed by atoms with Crippen molar-refractivity contribution >= 4 is 89.8 Å². The molecule has 0 saturated heterocycles. The standard InChI is InChI=1S/C20H21I3O7S/c21-13-4-14(16(23)15(22)5-13)17(24)30-20-8-11-3-12(9-20)7-19(6-11,10-20)18(25)29-1-2-31(26,27)28/h4-5,11-12H,1-3,6-10H2,(H,26,27,28). The smallest absolute Gasteiger partial charge is 0.339 e. The van der Waals surface area contributed by atoms with Crippen molar-refractivity contribution < 1.29 is 32.0 Å². The van der Waals surface area contributed by atoms with E-state index in [1.165, 1.54) is 0 Å². The molecule has 4 aliphatic rings. The average molecular weight is 786 g/mol. The van der Waals surface area contributed by atoms with Crippen LogP contribution in [0.4, 0.5) is 0 Å². The van der Waals surface area contributed by atoms with E-state index in [0.29, 0.717) is 24.8 Å². The lowest BCUT2D eigenvalue weighted by Crippen LogP contribution is -2.60. The fourth-order valence-corrected chi connectivity index (χ4v) is 8.56. The lowest BCUT2D eigenvalue weighted by atomic mass is 9.48. The Hall–Kier alpha value is 0.260. The molecule has 11 heteroatoms. The van der Waals surface area contributed by atoms with Crippen LogP contribution < -0.4 is 0 Å². The molecule has 1 N–H and O–H groups in total. The molecule has 5 rings (SSSR count). The van der Waals surface area contributed by atoms with E-state index in [-0.39, 0.29) is 24.4 Å². The van der Waals surface area contributed by atoms with E-state index in [9.17, 15) is 18.0 Å². The SMILES string of the molecule is O=C(OC12CC3CC(C1)CC(C(=O)OCCS(=O)(=O)O)(C3)C2)c1cc(I)cc(I)c1I. The molecule has 2 atom stereocenters. The van der Waals surface area contributed by atoms with E-state index >= 15 is 0 Å². The largest absolute Gasteiger partial charge is 0.464 e. The third-order valence-electron chi connectivity index (χ3n) is 6.54. The van der Waals surface area contributed by atoms with Crippen molar-refractivity contribution in [2.75, 3.05) is 12.4 Å². The maximum Gasteiger partial charge on any atom is 0.339 e. The Morgan fingerprint density at radius 3 is 2.35 bits per heavy atom. The van der Waals surface area contributed by atoms with Crippen molar-refractivity contribution in [3.05, 3.63) is 28.4 Å². The van der Waals surface area contributed by atoms with Crippen molar-refractivity contribution in [1.29, 1.82) is 0 Å². The summed E-state index contributed by atoms with van der Waals surface area (Å²) in [7, 11) is -4.19. The summed E-state index contributed by atoms with van der Waals surface area (Å²) < 4.78 is 45.0. The van der Waals surface area contributed by atoms with Gasteiger partial charge in [-0.2, -0.15) is 8.42 Å². The molecule has 0 aliphatic heterocycles. The zero-order chi connectivity index (χ0) is 22.6. The molecule has 170 valence electrons. The summed E-state index contributed by atoms with van der Waals surface area (Å²) in [5.41, 5.74) is -0.910. The molecule has 4 bridgehead atoms. The van der Waals surface area contributed by atoms with E-state index in [0.717, 1.165) is 30.0 Å². The van der Waals surface area contributed by atoms with Crippen molar-refractivity contribution in [3.63, 3.8) is 0 Å². The van der Waals surface area contributed by atoms with Gasteiger partial charge in [-0.15, -0.1) is 0 Å². The van der Waals surface area contributed by atoms with Crippen LogP contribution in [-0.2, 0) is 24.4 Å². The van der Waals surface area contributed by atoms with Crippen LogP contribution in [0.5, 0.6) is 0 Å². The molecule has 2 unspecified atom stereocenters. The summed E-state index contributed by atoms with van der Waals surface area (Å²) in [5, 5.41) is 0. The van der Waals surface area contributed by atoms with Gasteiger partial charge >= 0.3 is 11.9 Å². The maximum absolute atomic E-state index is 13.2. The number of halogens is 3. The summed E-state index contributed by atoms with van der Waals surface area (Å²) in [6.45, 7) is -0.374. The van der Waals surface area contributed by atoms with Crippen LogP contribution in [0, 0.1) is 28.0 Å². The highest BCUT2D eigenvalue weighted by molar-refractivity contribution is 14.1. The molecule has 4 saturated carbocycles. The number of ether oxygens (including phenoxy) is 2. The Kier molecular flexibility index (Phi) is 6.92. The summed E-state index contributed by atoms with van der Waals surface area (Å²) in [4.78, 5) is 26.1. The maximum atomic E-state index is 13.2. The quantitative estimate of drug-likeness (QED) is 0.197. The molecular weight excluding hydrogens is 765 g/mol. The first-order chi connectivity index (χ1) is 14.4. The first-order valence-electron chi connectivity index (χ1n) is 9.91. The Labute approximate surface area is 221 Å². The van der Waals surface area contributed by atoms with Gasteiger partial charge in [-0.3, -0.25) is 9.35 Å². The third kappa shape index (κ3) is 5.19. The van der Waals surface area contributed by atoms with Crippen LogP contribution in [0.15, 0.2) is 12.1 Å². The minimum Gasteiger partial charge on any atom is -0.464 e. The molecule has 0 aromatic heterocycles. The molecule has 0 heterocycles. The molecule has 7 nitrogen and oxygen atoms in total. The van der Waals surface area contributed by atoms with Crippen LogP contribution in [-0.4, -0.2) is 42.9 Å². The second kappa shape index (κ2) is 8.80. The van der Waals surface area contributed by atoms with Gasteiger partial charge in [0.05, 0.1) is 11.0 Å². The van der Waals surface area contributed by atoms with E-state index in [1.807, 2.05) is 12.1 Å². The minimum atomic E-state index is -4.19. The normalized spacial score (nSPS) is 31.5. The van der Waals surface area contributed by atoms with E-state index in [4.69, 9.17) is 14.0 Å². The van der Waals surface area contributed by atoms with Crippen molar-refractivity contribution in [2.45, 2.75) is 44.1 Å². The fraction of sp³-hybridized carbons (Fsp3) is 0.600. The molecule has 0 spiro atoms. The first-order valence-corrected chi connectivity index (χ1v) is 14.8. The highest BCUT2D eigenvalue weighted by Crippen LogP contribution is 2.63. The average Bonchev–Trinajstić information content (AvgIpc) is 2.62. The van der Waals surface area contributed by atoms with Crippen LogP contribution in [0.1, 0.15) is 48.9 Å². The van der Waals surface area contributed by atoms with E-state index in [2.05, 4.69) is 67.8 Å². The summed E-state index contributed by atoms with van der Waals surface area (Å²) >= 11 is 6.54. The number of esters is 2. The summed E-state index contributed by atoms with van der Waals surface area (Å²) in [6.07, 6.45) is 4.25.